The Labute approximate surface area is 170 Å². The van der Waals surface area contributed by atoms with Crippen LogP contribution in [0.5, 0.6) is 5.75 Å². The predicted octanol–water partition coefficient (Wildman–Crippen LogP) is 5.06. The molecule has 2 rings (SSSR count). The van der Waals surface area contributed by atoms with Crippen molar-refractivity contribution in [3.63, 3.8) is 0 Å². The third-order valence-corrected chi connectivity index (χ3v) is 4.07. The van der Waals surface area contributed by atoms with Crippen molar-refractivity contribution < 1.29 is 35.5 Å². The summed E-state index contributed by atoms with van der Waals surface area (Å²) < 4.78 is 93.8. The average Bonchev–Trinajstić information content (AvgIpc) is 2.56. The van der Waals surface area contributed by atoms with E-state index in [0.29, 0.717) is 26.2 Å². The first-order valence-electron chi connectivity index (χ1n) is 8.05. The van der Waals surface area contributed by atoms with Crippen LogP contribution >= 0.6 is 24.8 Å². The number of nitrogens with one attached hydrogen (secondary N) is 1. The highest BCUT2D eigenvalue weighted by Gasteiger charge is 2.45. The SMILES string of the molecule is Cl.Cl.FC(F)C(F)(F)Oc1ccccc1[C@H](CCC(F)(F)F)N1CCNCC1. The van der Waals surface area contributed by atoms with E-state index in [4.69, 9.17) is 0 Å². The minimum Gasteiger partial charge on any atom is -0.428 e. The predicted molar refractivity (Wildman–Crippen MR) is 95.0 cm³/mol. The molecule has 0 unspecified atom stereocenters. The number of alkyl halides is 7. The summed E-state index contributed by atoms with van der Waals surface area (Å²) in [7, 11) is 0. The molecule has 1 heterocycles. The number of piperazine rings is 1. The molecule has 1 aromatic rings. The van der Waals surface area contributed by atoms with Crippen LogP contribution in [0.4, 0.5) is 30.7 Å². The van der Waals surface area contributed by atoms with Gasteiger partial charge in [0, 0.05) is 44.2 Å². The molecule has 1 aromatic carbocycles. The molecule has 0 aromatic heterocycles. The first kappa shape index (κ1) is 27.0. The summed E-state index contributed by atoms with van der Waals surface area (Å²) >= 11 is 0. The summed E-state index contributed by atoms with van der Waals surface area (Å²) in [4.78, 5) is 1.71. The lowest BCUT2D eigenvalue weighted by Gasteiger charge is -2.36. The number of benzene rings is 1. The van der Waals surface area contributed by atoms with Crippen LogP contribution in [0.1, 0.15) is 24.4 Å². The van der Waals surface area contributed by atoms with E-state index in [0.717, 1.165) is 6.07 Å². The van der Waals surface area contributed by atoms with Gasteiger partial charge >= 0.3 is 18.7 Å². The van der Waals surface area contributed by atoms with Crippen LogP contribution in [0.3, 0.4) is 0 Å². The number of ether oxygens (including phenoxy) is 1. The molecule has 1 atom stereocenters. The molecular formula is C16H21Cl2F7N2O. The van der Waals surface area contributed by atoms with Crippen molar-refractivity contribution in [2.75, 3.05) is 26.2 Å². The van der Waals surface area contributed by atoms with Crippen LogP contribution in [0.25, 0.3) is 0 Å². The van der Waals surface area contributed by atoms with Gasteiger partial charge in [0.2, 0.25) is 0 Å². The lowest BCUT2D eigenvalue weighted by atomic mass is 9.98. The van der Waals surface area contributed by atoms with Crippen molar-refractivity contribution in [1.29, 1.82) is 0 Å². The number of rotatable bonds is 7. The van der Waals surface area contributed by atoms with Gasteiger partial charge in [-0.2, -0.15) is 30.7 Å². The first-order chi connectivity index (χ1) is 12.1. The highest BCUT2D eigenvalue weighted by Crippen LogP contribution is 2.38. The van der Waals surface area contributed by atoms with Gasteiger partial charge in [-0.3, -0.25) is 4.90 Å². The number of hydrogen-bond acceptors (Lipinski definition) is 3. The molecular weight excluding hydrogens is 440 g/mol. The van der Waals surface area contributed by atoms with Gasteiger partial charge in [0.15, 0.2) is 0 Å². The van der Waals surface area contributed by atoms with Gasteiger partial charge in [0.25, 0.3) is 0 Å². The minimum atomic E-state index is -4.73. The molecule has 12 heteroatoms. The second kappa shape index (κ2) is 11.3. The van der Waals surface area contributed by atoms with Gasteiger partial charge in [0.05, 0.1) is 0 Å². The van der Waals surface area contributed by atoms with E-state index in [1.807, 2.05) is 0 Å². The van der Waals surface area contributed by atoms with Gasteiger partial charge in [-0.15, -0.1) is 24.8 Å². The molecule has 164 valence electrons. The maximum absolute atomic E-state index is 13.3. The van der Waals surface area contributed by atoms with Crippen molar-refractivity contribution in [1.82, 2.24) is 10.2 Å². The Hall–Kier alpha value is -0.970. The van der Waals surface area contributed by atoms with E-state index in [2.05, 4.69) is 10.1 Å². The van der Waals surface area contributed by atoms with Crippen LogP contribution in [0.15, 0.2) is 24.3 Å². The number of nitrogens with zero attached hydrogens (tertiary/aromatic N) is 1. The Morgan fingerprint density at radius 2 is 1.57 bits per heavy atom. The highest BCUT2D eigenvalue weighted by atomic mass is 35.5. The topological polar surface area (TPSA) is 24.5 Å². The smallest absolute Gasteiger partial charge is 0.428 e. The molecule has 3 nitrogen and oxygen atoms in total. The van der Waals surface area contributed by atoms with E-state index >= 15 is 0 Å². The zero-order valence-corrected chi connectivity index (χ0v) is 16.2. The fraction of sp³-hybridized carbons (Fsp3) is 0.625. The second-order valence-electron chi connectivity index (χ2n) is 5.96. The molecule has 0 spiro atoms. The first-order valence-corrected chi connectivity index (χ1v) is 8.05. The molecule has 1 saturated heterocycles. The van der Waals surface area contributed by atoms with Crippen LogP contribution in [-0.2, 0) is 0 Å². The summed E-state index contributed by atoms with van der Waals surface area (Å²) in [5.74, 6) is -0.538. The van der Waals surface area contributed by atoms with Crippen molar-refractivity contribution in [2.24, 2.45) is 0 Å². The molecule has 0 bridgehead atoms. The van der Waals surface area contributed by atoms with Crippen molar-refractivity contribution in [3.05, 3.63) is 29.8 Å². The summed E-state index contributed by atoms with van der Waals surface area (Å²) in [6.07, 6.45) is -14.7. The monoisotopic (exact) mass is 460 g/mol. The minimum absolute atomic E-state index is 0. The normalized spacial score (nSPS) is 16.9. The average molecular weight is 461 g/mol. The Morgan fingerprint density at radius 1 is 1.00 bits per heavy atom. The molecule has 1 aliphatic heterocycles. The van der Waals surface area contributed by atoms with Gasteiger partial charge < -0.3 is 10.1 Å². The van der Waals surface area contributed by atoms with Crippen molar-refractivity contribution in [3.8, 4) is 5.75 Å². The zero-order chi connectivity index (χ0) is 19.4. The third kappa shape index (κ3) is 7.81. The Morgan fingerprint density at radius 3 is 2.11 bits per heavy atom. The molecule has 1 aliphatic rings. The van der Waals surface area contributed by atoms with E-state index < -0.39 is 36.9 Å². The van der Waals surface area contributed by atoms with Crippen molar-refractivity contribution in [2.45, 2.75) is 37.6 Å². The van der Waals surface area contributed by atoms with E-state index in [-0.39, 0.29) is 36.8 Å². The maximum Gasteiger partial charge on any atom is 0.461 e. The quantitative estimate of drug-likeness (QED) is 0.575. The molecule has 0 saturated carbocycles. The molecule has 0 radical (unpaired) electrons. The van der Waals surface area contributed by atoms with Gasteiger partial charge in [-0.1, -0.05) is 18.2 Å². The summed E-state index contributed by atoms with van der Waals surface area (Å²) in [6, 6.07) is 4.28. The summed E-state index contributed by atoms with van der Waals surface area (Å²) in [6.45, 7) is 1.86. The van der Waals surface area contributed by atoms with E-state index in [1.165, 1.54) is 18.2 Å². The Kier molecular flexibility index (Phi) is 10.9. The highest BCUT2D eigenvalue weighted by molar-refractivity contribution is 5.85. The maximum atomic E-state index is 13.3. The lowest BCUT2D eigenvalue weighted by Crippen LogP contribution is -2.45. The third-order valence-electron chi connectivity index (χ3n) is 4.07. The molecule has 1 N–H and O–H groups in total. The van der Waals surface area contributed by atoms with E-state index in [1.54, 1.807) is 4.90 Å². The van der Waals surface area contributed by atoms with Crippen LogP contribution in [0, 0.1) is 0 Å². The number of halogens is 9. The van der Waals surface area contributed by atoms with Crippen molar-refractivity contribution >= 4 is 24.8 Å². The number of hydrogen-bond donors (Lipinski definition) is 1. The molecule has 28 heavy (non-hydrogen) atoms. The molecule has 1 fully saturated rings. The van der Waals surface area contributed by atoms with Gasteiger partial charge in [0.1, 0.15) is 5.75 Å². The van der Waals surface area contributed by atoms with Crippen LogP contribution in [-0.4, -0.2) is 49.8 Å². The Balaban J connectivity index is 0.00000364. The Bertz CT molecular complexity index is 584. The van der Waals surface area contributed by atoms with Crippen LogP contribution < -0.4 is 10.1 Å². The lowest BCUT2D eigenvalue weighted by molar-refractivity contribution is -0.253. The second-order valence-corrected chi connectivity index (χ2v) is 5.96. The van der Waals surface area contributed by atoms with Gasteiger partial charge in [-0.05, 0) is 12.5 Å². The standard InChI is InChI=1S/C16H19F7N2O.2ClH/c17-14(18)16(22,23)26-13-4-2-1-3-11(13)12(5-6-15(19,20)21)25-9-7-24-8-10-25;;/h1-4,12,14,24H,5-10H2;2*1H/t12-;;/m0../s1. The fourth-order valence-corrected chi connectivity index (χ4v) is 2.87. The van der Waals surface area contributed by atoms with E-state index in [9.17, 15) is 30.7 Å². The largest absolute Gasteiger partial charge is 0.461 e. The van der Waals surface area contributed by atoms with Gasteiger partial charge in [-0.25, -0.2) is 0 Å². The zero-order valence-electron chi connectivity index (χ0n) is 14.5. The summed E-state index contributed by atoms with van der Waals surface area (Å²) in [5, 5.41) is 3.05. The van der Waals surface area contributed by atoms with Crippen LogP contribution in [0.2, 0.25) is 0 Å². The summed E-state index contributed by atoms with van der Waals surface area (Å²) in [5.41, 5.74) is 0.0407. The number of para-hydroxylation sites is 1. The molecule has 0 aliphatic carbocycles. The molecule has 0 amide bonds. The fourth-order valence-electron chi connectivity index (χ4n) is 2.87.